The topological polar surface area (TPSA) is 29.1 Å². The van der Waals surface area contributed by atoms with E-state index in [-0.39, 0.29) is 10.6 Å². The van der Waals surface area contributed by atoms with Crippen molar-refractivity contribution >= 4 is 40.1 Å². The lowest BCUT2D eigenvalue weighted by atomic mass is 10.2. The van der Waals surface area contributed by atoms with Gasteiger partial charge in [0.25, 0.3) is 5.91 Å². The van der Waals surface area contributed by atoms with E-state index in [0.29, 0.717) is 6.54 Å². The van der Waals surface area contributed by atoms with Gasteiger partial charge in [-0.2, -0.15) is 0 Å². The van der Waals surface area contributed by atoms with Crippen LogP contribution in [0.2, 0.25) is 5.02 Å². The quantitative estimate of drug-likeness (QED) is 0.380. The van der Waals surface area contributed by atoms with Gasteiger partial charge in [0.2, 0.25) is 0 Å². The molecule has 0 heterocycles. The molecule has 0 radical (unpaired) electrons. The van der Waals surface area contributed by atoms with Gasteiger partial charge in [-0.3, -0.25) is 4.79 Å². The standard InChI is InChI=1S/C10H9ClF2INO/c11-7-5-8(12)6(4-9(7)13)10(16)15-3-1-2-14/h4-5H,1-3H2,(H,15,16). The van der Waals surface area contributed by atoms with Crippen LogP contribution in [-0.2, 0) is 0 Å². The summed E-state index contributed by atoms with van der Waals surface area (Å²) in [5.74, 6) is -2.25. The molecule has 1 amide bonds. The highest BCUT2D eigenvalue weighted by Crippen LogP contribution is 2.19. The van der Waals surface area contributed by atoms with Crippen LogP contribution in [0.25, 0.3) is 0 Å². The molecular weight excluding hydrogens is 350 g/mol. The summed E-state index contributed by atoms with van der Waals surface area (Å²) in [6.07, 6.45) is 0.782. The van der Waals surface area contributed by atoms with E-state index in [4.69, 9.17) is 11.6 Å². The molecule has 0 aliphatic heterocycles. The number of alkyl halides is 1. The molecule has 0 spiro atoms. The highest BCUT2D eigenvalue weighted by Gasteiger charge is 2.14. The zero-order valence-electron chi connectivity index (χ0n) is 8.20. The van der Waals surface area contributed by atoms with Crippen LogP contribution >= 0.6 is 34.2 Å². The first kappa shape index (κ1) is 13.6. The molecule has 1 aromatic rings. The molecule has 0 fully saturated rings. The Morgan fingerprint density at radius 3 is 2.69 bits per heavy atom. The van der Waals surface area contributed by atoms with E-state index in [1.165, 1.54) is 0 Å². The van der Waals surface area contributed by atoms with Crippen LogP contribution in [0.15, 0.2) is 12.1 Å². The number of hydrogen-bond acceptors (Lipinski definition) is 1. The van der Waals surface area contributed by atoms with Crippen molar-refractivity contribution in [3.05, 3.63) is 34.4 Å². The van der Waals surface area contributed by atoms with Gasteiger partial charge in [0.05, 0.1) is 10.6 Å². The number of carbonyl (C=O) groups excluding carboxylic acids is 1. The van der Waals surface area contributed by atoms with E-state index in [1.54, 1.807) is 0 Å². The van der Waals surface area contributed by atoms with E-state index in [1.807, 2.05) is 0 Å². The van der Waals surface area contributed by atoms with Crippen LogP contribution in [0.4, 0.5) is 8.78 Å². The number of hydrogen-bond donors (Lipinski definition) is 1. The zero-order valence-corrected chi connectivity index (χ0v) is 11.1. The van der Waals surface area contributed by atoms with E-state index < -0.39 is 17.5 Å². The van der Waals surface area contributed by atoms with E-state index in [0.717, 1.165) is 23.0 Å². The van der Waals surface area contributed by atoms with Crippen molar-refractivity contribution in [3.63, 3.8) is 0 Å². The number of halogens is 4. The first-order chi connectivity index (χ1) is 7.56. The average Bonchev–Trinajstić information content (AvgIpc) is 2.23. The largest absolute Gasteiger partial charge is 0.352 e. The summed E-state index contributed by atoms with van der Waals surface area (Å²) in [7, 11) is 0. The Morgan fingerprint density at radius 1 is 1.38 bits per heavy atom. The molecular formula is C10H9ClF2INO. The average molecular weight is 360 g/mol. The Morgan fingerprint density at radius 2 is 2.06 bits per heavy atom. The van der Waals surface area contributed by atoms with Gasteiger partial charge in [0.15, 0.2) is 0 Å². The molecule has 1 rings (SSSR count). The Kier molecular flexibility index (Phi) is 5.40. The van der Waals surface area contributed by atoms with Gasteiger partial charge in [-0.1, -0.05) is 34.2 Å². The van der Waals surface area contributed by atoms with Gasteiger partial charge in [-0.05, 0) is 18.6 Å². The van der Waals surface area contributed by atoms with Crippen molar-refractivity contribution in [3.8, 4) is 0 Å². The van der Waals surface area contributed by atoms with E-state index >= 15 is 0 Å². The normalized spacial score (nSPS) is 10.2. The molecule has 16 heavy (non-hydrogen) atoms. The smallest absolute Gasteiger partial charge is 0.254 e. The van der Waals surface area contributed by atoms with Crippen molar-refractivity contribution in [2.45, 2.75) is 6.42 Å². The summed E-state index contributed by atoms with van der Waals surface area (Å²) >= 11 is 7.53. The maximum absolute atomic E-state index is 13.3. The molecule has 88 valence electrons. The first-order valence-corrected chi connectivity index (χ1v) is 6.45. The van der Waals surface area contributed by atoms with Crippen molar-refractivity contribution in [2.75, 3.05) is 11.0 Å². The molecule has 0 aromatic heterocycles. The van der Waals surface area contributed by atoms with Gasteiger partial charge < -0.3 is 5.32 Å². The molecule has 0 saturated heterocycles. The summed E-state index contributed by atoms with van der Waals surface area (Å²) in [5.41, 5.74) is -0.324. The van der Waals surface area contributed by atoms with Crippen LogP contribution < -0.4 is 5.32 Å². The fourth-order valence-corrected chi connectivity index (χ4v) is 1.59. The van der Waals surface area contributed by atoms with E-state index in [9.17, 15) is 13.6 Å². The third-order valence-corrected chi connectivity index (χ3v) is 2.90. The predicted octanol–water partition coefficient (Wildman–Crippen LogP) is 3.17. The first-order valence-electron chi connectivity index (χ1n) is 4.55. The summed E-state index contributed by atoms with van der Waals surface area (Å²) in [6, 6.07) is 1.60. The van der Waals surface area contributed by atoms with Gasteiger partial charge in [-0.15, -0.1) is 0 Å². The number of rotatable bonds is 4. The third kappa shape index (κ3) is 3.55. The number of amides is 1. The highest BCUT2D eigenvalue weighted by atomic mass is 127. The van der Waals surface area contributed by atoms with Gasteiger partial charge >= 0.3 is 0 Å². The predicted molar refractivity (Wildman–Crippen MR) is 67.2 cm³/mol. The lowest BCUT2D eigenvalue weighted by Gasteiger charge is -2.05. The van der Waals surface area contributed by atoms with Gasteiger partial charge in [0, 0.05) is 11.0 Å². The second-order valence-corrected chi connectivity index (χ2v) is 4.53. The minimum absolute atomic E-state index is 0.324. The summed E-state index contributed by atoms with van der Waals surface area (Å²) in [5, 5.41) is 2.16. The summed E-state index contributed by atoms with van der Waals surface area (Å²) in [4.78, 5) is 11.4. The van der Waals surface area contributed by atoms with Crippen molar-refractivity contribution in [1.82, 2.24) is 5.32 Å². The molecule has 0 atom stereocenters. The monoisotopic (exact) mass is 359 g/mol. The van der Waals surface area contributed by atoms with Crippen LogP contribution in [0.3, 0.4) is 0 Å². The summed E-state index contributed by atoms with van der Waals surface area (Å²) in [6.45, 7) is 0.436. The fraction of sp³-hybridized carbons (Fsp3) is 0.300. The molecule has 0 bridgehead atoms. The Hall–Kier alpha value is -0.430. The molecule has 0 aliphatic rings. The van der Waals surface area contributed by atoms with Crippen LogP contribution in [0, 0.1) is 11.6 Å². The molecule has 0 unspecified atom stereocenters. The van der Waals surface area contributed by atoms with Crippen LogP contribution in [0.1, 0.15) is 16.8 Å². The maximum atomic E-state index is 13.3. The molecule has 0 saturated carbocycles. The van der Waals surface area contributed by atoms with Crippen molar-refractivity contribution in [1.29, 1.82) is 0 Å². The van der Waals surface area contributed by atoms with Crippen LogP contribution in [-0.4, -0.2) is 16.9 Å². The second-order valence-electron chi connectivity index (χ2n) is 3.04. The third-order valence-electron chi connectivity index (χ3n) is 1.85. The molecule has 0 aliphatic carbocycles. The van der Waals surface area contributed by atoms with Gasteiger partial charge in [-0.25, -0.2) is 8.78 Å². The fourth-order valence-electron chi connectivity index (χ4n) is 1.06. The summed E-state index contributed by atoms with van der Waals surface area (Å²) < 4.78 is 27.2. The molecule has 1 aromatic carbocycles. The Bertz CT molecular complexity index is 401. The van der Waals surface area contributed by atoms with E-state index in [2.05, 4.69) is 27.9 Å². The molecule has 2 nitrogen and oxygen atoms in total. The molecule has 6 heteroatoms. The van der Waals surface area contributed by atoms with Crippen molar-refractivity contribution in [2.24, 2.45) is 0 Å². The Labute approximate surface area is 110 Å². The molecule has 1 N–H and O–H groups in total. The van der Waals surface area contributed by atoms with Gasteiger partial charge in [0.1, 0.15) is 11.6 Å². The van der Waals surface area contributed by atoms with Crippen molar-refractivity contribution < 1.29 is 13.6 Å². The highest BCUT2D eigenvalue weighted by molar-refractivity contribution is 14.1. The minimum Gasteiger partial charge on any atom is -0.352 e. The number of benzene rings is 1. The SMILES string of the molecule is O=C(NCCCI)c1cc(F)c(Cl)cc1F. The number of nitrogens with one attached hydrogen (secondary N) is 1. The van der Waals surface area contributed by atoms with Crippen LogP contribution in [0.5, 0.6) is 0 Å². The second kappa shape index (κ2) is 6.34. The number of carbonyl (C=O) groups is 1. The zero-order chi connectivity index (χ0) is 12.1. The Balaban J connectivity index is 2.79. The maximum Gasteiger partial charge on any atom is 0.254 e. The minimum atomic E-state index is -0.821. The lowest BCUT2D eigenvalue weighted by molar-refractivity contribution is 0.0949. The lowest BCUT2D eigenvalue weighted by Crippen LogP contribution is -2.25.